The van der Waals surface area contributed by atoms with Crippen molar-refractivity contribution < 1.29 is 19.1 Å². The minimum atomic E-state index is -0.482. The zero-order valence-corrected chi connectivity index (χ0v) is 16.2. The van der Waals surface area contributed by atoms with Crippen molar-refractivity contribution in [1.29, 1.82) is 0 Å². The number of ether oxygens (including phenoxy) is 1. The third kappa shape index (κ3) is 4.94. The van der Waals surface area contributed by atoms with Crippen LogP contribution in [0.2, 0.25) is 0 Å². The second kappa shape index (κ2) is 8.65. The number of hydrazine groups is 1. The van der Waals surface area contributed by atoms with Gasteiger partial charge < -0.3 is 10.1 Å². The van der Waals surface area contributed by atoms with Gasteiger partial charge in [0.15, 0.2) is 6.61 Å². The lowest BCUT2D eigenvalue weighted by Gasteiger charge is -2.10. The molecule has 0 heterocycles. The van der Waals surface area contributed by atoms with E-state index in [9.17, 15) is 14.4 Å². The summed E-state index contributed by atoms with van der Waals surface area (Å²) in [5.74, 6) is -0.260. The van der Waals surface area contributed by atoms with Crippen LogP contribution < -0.4 is 20.9 Å². The predicted octanol–water partition coefficient (Wildman–Crippen LogP) is 3.03. The largest absolute Gasteiger partial charge is 0.484 e. The number of amides is 3. The number of benzene rings is 3. The highest BCUT2D eigenvalue weighted by atomic mass is 16.5. The fourth-order valence-electron chi connectivity index (χ4n) is 2.94. The number of anilines is 1. The monoisotopic (exact) mass is 403 g/mol. The van der Waals surface area contributed by atoms with Crippen LogP contribution >= 0.6 is 0 Å². The molecule has 7 nitrogen and oxygen atoms in total. The van der Waals surface area contributed by atoms with Crippen LogP contribution in [-0.2, 0) is 9.59 Å². The summed E-state index contributed by atoms with van der Waals surface area (Å²) < 4.78 is 5.49. The van der Waals surface area contributed by atoms with E-state index in [0.29, 0.717) is 17.0 Å². The first kappa shape index (κ1) is 19.4. The smallest absolute Gasteiger partial charge is 0.276 e. The summed E-state index contributed by atoms with van der Waals surface area (Å²) in [7, 11) is 0. The maximum absolute atomic E-state index is 12.2. The molecule has 0 bridgehead atoms. The standard InChI is InChI=1S/C23H21N3O4/c27-21(14-30-20-12-9-15-3-1-2-4-18(15)13-20)25-26-23(29)17-7-10-19(11-8-17)24-22(28)16-5-6-16/h1-4,7-13,16H,5-6,14H2,(H,24,28)(H,25,27)(H,26,29). The Balaban J connectivity index is 1.23. The molecule has 0 unspecified atom stereocenters. The molecule has 1 fully saturated rings. The number of hydrogen-bond acceptors (Lipinski definition) is 4. The zero-order valence-electron chi connectivity index (χ0n) is 16.2. The molecule has 3 N–H and O–H groups in total. The van der Waals surface area contributed by atoms with E-state index < -0.39 is 11.8 Å². The molecule has 1 aliphatic carbocycles. The van der Waals surface area contributed by atoms with Crippen LogP contribution in [0.4, 0.5) is 5.69 Å². The fourth-order valence-corrected chi connectivity index (χ4v) is 2.94. The molecule has 0 atom stereocenters. The maximum Gasteiger partial charge on any atom is 0.276 e. The number of carbonyl (C=O) groups excluding carboxylic acids is 3. The molecule has 1 aliphatic rings. The van der Waals surface area contributed by atoms with Crippen molar-refractivity contribution in [2.24, 2.45) is 5.92 Å². The van der Waals surface area contributed by atoms with Crippen LogP contribution in [0.3, 0.4) is 0 Å². The van der Waals surface area contributed by atoms with Gasteiger partial charge in [-0.2, -0.15) is 0 Å². The molecule has 4 rings (SSSR count). The molecule has 7 heteroatoms. The van der Waals surface area contributed by atoms with Crippen molar-refractivity contribution in [2.75, 3.05) is 11.9 Å². The van der Waals surface area contributed by atoms with Gasteiger partial charge in [0.1, 0.15) is 5.75 Å². The van der Waals surface area contributed by atoms with E-state index in [-0.39, 0.29) is 18.4 Å². The summed E-state index contributed by atoms with van der Waals surface area (Å²) in [5, 5.41) is 4.90. The summed E-state index contributed by atoms with van der Waals surface area (Å²) in [6, 6.07) is 19.9. The minimum absolute atomic E-state index is 0.00544. The highest BCUT2D eigenvalue weighted by Crippen LogP contribution is 2.30. The molecule has 0 saturated heterocycles. The number of carbonyl (C=O) groups is 3. The Morgan fingerprint density at radius 1 is 0.867 bits per heavy atom. The summed E-state index contributed by atoms with van der Waals surface area (Å²) in [6.07, 6.45) is 1.85. The molecule has 3 aromatic carbocycles. The average Bonchev–Trinajstić information content (AvgIpc) is 3.62. The van der Waals surface area contributed by atoms with Crippen LogP contribution in [0, 0.1) is 5.92 Å². The van der Waals surface area contributed by atoms with Gasteiger partial charge in [0, 0.05) is 17.2 Å². The van der Waals surface area contributed by atoms with Gasteiger partial charge in [0.05, 0.1) is 0 Å². The van der Waals surface area contributed by atoms with Gasteiger partial charge >= 0.3 is 0 Å². The number of rotatable bonds is 6. The first-order chi connectivity index (χ1) is 14.6. The van der Waals surface area contributed by atoms with Gasteiger partial charge in [-0.3, -0.25) is 25.2 Å². The van der Waals surface area contributed by atoms with Crippen molar-refractivity contribution >= 4 is 34.2 Å². The fraction of sp³-hybridized carbons (Fsp3) is 0.174. The highest BCUT2D eigenvalue weighted by Gasteiger charge is 2.29. The van der Waals surface area contributed by atoms with Crippen molar-refractivity contribution in [1.82, 2.24) is 10.9 Å². The van der Waals surface area contributed by atoms with E-state index in [4.69, 9.17) is 4.74 Å². The summed E-state index contributed by atoms with van der Waals surface area (Å²) in [5.41, 5.74) is 5.66. The summed E-state index contributed by atoms with van der Waals surface area (Å²) >= 11 is 0. The van der Waals surface area contributed by atoms with Gasteiger partial charge in [-0.1, -0.05) is 30.3 Å². The van der Waals surface area contributed by atoms with Gasteiger partial charge in [-0.05, 0) is 60.0 Å². The number of nitrogens with one attached hydrogen (secondary N) is 3. The summed E-state index contributed by atoms with van der Waals surface area (Å²) in [4.78, 5) is 35.9. The summed E-state index contributed by atoms with van der Waals surface area (Å²) in [6.45, 7) is -0.231. The second-order valence-electron chi connectivity index (χ2n) is 7.14. The molecular formula is C23H21N3O4. The Bertz CT molecular complexity index is 1090. The Hall–Kier alpha value is -3.87. The lowest BCUT2D eigenvalue weighted by molar-refractivity contribution is -0.123. The lowest BCUT2D eigenvalue weighted by atomic mass is 10.1. The van der Waals surface area contributed by atoms with E-state index in [2.05, 4.69) is 16.2 Å². The zero-order chi connectivity index (χ0) is 20.9. The number of hydrogen-bond donors (Lipinski definition) is 3. The molecule has 152 valence electrons. The molecule has 0 aromatic heterocycles. The van der Waals surface area contributed by atoms with Gasteiger partial charge in [-0.15, -0.1) is 0 Å². The second-order valence-corrected chi connectivity index (χ2v) is 7.14. The molecule has 0 radical (unpaired) electrons. The van der Waals surface area contributed by atoms with Crippen molar-refractivity contribution in [2.45, 2.75) is 12.8 Å². The van der Waals surface area contributed by atoms with Gasteiger partial charge in [-0.25, -0.2) is 0 Å². The molecule has 3 aromatic rings. The van der Waals surface area contributed by atoms with Crippen LogP contribution in [0.1, 0.15) is 23.2 Å². The lowest BCUT2D eigenvalue weighted by Crippen LogP contribution is -2.43. The van der Waals surface area contributed by atoms with Crippen LogP contribution in [0.15, 0.2) is 66.7 Å². The van der Waals surface area contributed by atoms with Crippen LogP contribution in [0.5, 0.6) is 5.75 Å². The molecule has 30 heavy (non-hydrogen) atoms. The van der Waals surface area contributed by atoms with Crippen molar-refractivity contribution in [3.8, 4) is 5.75 Å². The highest BCUT2D eigenvalue weighted by molar-refractivity contribution is 5.97. The Labute approximate surface area is 173 Å². The van der Waals surface area contributed by atoms with E-state index in [1.54, 1.807) is 30.3 Å². The van der Waals surface area contributed by atoms with Crippen molar-refractivity contribution in [3.63, 3.8) is 0 Å². The van der Waals surface area contributed by atoms with Gasteiger partial charge in [0.25, 0.3) is 11.8 Å². The van der Waals surface area contributed by atoms with Crippen LogP contribution in [-0.4, -0.2) is 24.3 Å². The third-order valence-corrected chi connectivity index (χ3v) is 4.77. The topological polar surface area (TPSA) is 96.5 Å². The van der Waals surface area contributed by atoms with Crippen LogP contribution in [0.25, 0.3) is 10.8 Å². The molecule has 3 amide bonds. The van der Waals surface area contributed by atoms with E-state index in [1.165, 1.54) is 0 Å². The Kier molecular flexibility index (Phi) is 5.61. The Morgan fingerprint density at radius 3 is 2.33 bits per heavy atom. The maximum atomic E-state index is 12.2. The molecule has 0 aliphatic heterocycles. The molecule has 1 saturated carbocycles. The first-order valence-electron chi connectivity index (χ1n) is 9.70. The number of fused-ring (bicyclic) bond motifs is 1. The van der Waals surface area contributed by atoms with Gasteiger partial charge in [0.2, 0.25) is 5.91 Å². The normalized spacial score (nSPS) is 12.8. The Morgan fingerprint density at radius 2 is 1.60 bits per heavy atom. The molecular weight excluding hydrogens is 382 g/mol. The minimum Gasteiger partial charge on any atom is -0.484 e. The third-order valence-electron chi connectivity index (χ3n) is 4.77. The van der Waals surface area contributed by atoms with Crippen molar-refractivity contribution in [3.05, 3.63) is 72.3 Å². The van der Waals surface area contributed by atoms with E-state index in [1.807, 2.05) is 36.4 Å². The molecule has 0 spiro atoms. The van der Waals surface area contributed by atoms with E-state index in [0.717, 1.165) is 23.6 Å². The average molecular weight is 403 g/mol. The predicted molar refractivity (Wildman–Crippen MR) is 113 cm³/mol. The SMILES string of the molecule is O=C(COc1ccc2ccccc2c1)NNC(=O)c1ccc(NC(=O)C2CC2)cc1. The van der Waals surface area contributed by atoms with E-state index >= 15 is 0 Å². The first-order valence-corrected chi connectivity index (χ1v) is 9.70. The quantitative estimate of drug-likeness (QED) is 0.551.